The van der Waals surface area contributed by atoms with Crippen LogP contribution in [0.25, 0.3) is 0 Å². The maximum absolute atomic E-state index is 12.5. The van der Waals surface area contributed by atoms with Gasteiger partial charge in [0.15, 0.2) is 0 Å². The van der Waals surface area contributed by atoms with E-state index in [9.17, 15) is 4.79 Å². The first kappa shape index (κ1) is 16.1. The number of aryl methyl sites for hydroxylation is 1. The van der Waals surface area contributed by atoms with E-state index in [0.717, 1.165) is 36.6 Å². The van der Waals surface area contributed by atoms with Crippen LogP contribution in [-0.2, 0) is 5.54 Å². The van der Waals surface area contributed by atoms with Crippen LogP contribution in [0.1, 0.15) is 53.9 Å². The molecule has 6 nitrogen and oxygen atoms in total. The molecule has 1 atom stereocenters. The van der Waals surface area contributed by atoms with Crippen molar-refractivity contribution in [3.63, 3.8) is 0 Å². The molecular formula is C16H23N5OS. The molecule has 1 unspecified atom stereocenters. The molecule has 1 aliphatic rings. The summed E-state index contributed by atoms with van der Waals surface area (Å²) in [6, 6.07) is 2.12. The normalized spacial score (nSPS) is 18.8. The van der Waals surface area contributed by atoms with Crippen LogP contribution in [0.5, 0.6) is 0 Å². The van der Waals surface area contributed by atoms with Crippen molar-refractivity contribution < 1.29 is 4.79 Å². The second-order valence-electron chi connectivity index (χ2n) is 6.55. The largest absolute Gasteiger partial charge is 0.339 e. The lowest BCUT2D eigenvalue weighted by molar-refractivity contribution is 0.0905. The molecule has 3 rings (SSSR count). The van der Waals surface area contributed by atoms with Gasteiger partial charge in [-0.25, -0.2) is 4.98 Å². The number of carbonyl (C=O) groups is 1. The fourth-order valence-corrected chi connectivity index (χ4v) is 3.64. The predicted octanol–water partition coefficient (Wildman–Crippen LogP) is 2.24. The van der Waals surface area contributed by atoms with E-state index >= 15 is 0 Å². The van der Waals surface area contributed by atoms with Crippen LogP contribution in [0, 0.1) is 6.92 Å². The molecule has 23 heavy (non-hydrogen) atoms. The summed E-state index contributed by atoms with van der Waals surface area (Å²) in [6.07, 6.45) is 4.13. The van der Waals surface area contributed by atoms with E-state index in [0.29, 0.717) is 11.7 Å². The van der Waals surface area contributed by atoms with Gasteiger partial charge in [0.05, 0.1) is 11.6 Å². The van der Waals surface area contributed by atoms with Gasteiger partial charge < -0.3 is 10.6 Å². The van der Waals surface area contributed by atoms with Gasteiger partial charge in [0.2, 0.25) is 0 Å². The highest BCUT2D eigenvalue weighted by atomic mass is 32.1. The summed E-state index contributed by atoms with van der Waals surface area (Å²) < 4.78 is 1.90. The average molecular weight is 333 g/mol. The molecule has 0 aromatic carbocycles. The van der Waals surface area contributed by atoms with Crippen molar-refractivity contribution in [1.82, 2.24) is 25.4 Å². The molecule has 7 heteroatoms. The molecular weight excluding hydrogens is 310 g/mol. The number of rotatable bonds is 4. The second-order valence-corrected chi connectivity index (χ2v) is 7.41. The molecule has 0 spiro atoms. The summed E-state index contributed by atoms with van der Waals surface area (Å²) in [5, 5.41) is 13.8. The number of carbonyl (C=O) groups excluding carboxylic acids is 1. The highest BCUT2D eigenvalue weighted by Crippen LogP contribution is 2.24. The summed E-state index contributed by atoms with van der Waals surface area (Å²) in [7, 11) is 0. The van der Waals surface area contributed by atoms with E-state index in [4.69, 9.17) is 0 Å². The molecule has 1 fully saturated rings. The first-order valence-electron chi connectivity index (χ1n) is 7.97. The minimum atomic E-state index is -0.508. The second kappa shape index (κ2) is 6.41. The average Bonchev–Trinajstić information content (AvgIpc) is 3.17. The third kappa shape index (κ3) is 3.61. The van der Waals surface area contributed by atoms with Gasteiger partial charge in [-0.05, 0) is 46.2 Å². The summed E-state index contributed by atoms with van der Waals surface area (Å²) in [4.78, 5) is 17.0. The highest BCUT2D eigenvalue weighted by Gasteiger charge is 2.27. The minimum Gasteiger partial charge on any atom is -0.339 e. The summed E-state index contributed by atoms with van der Waals surface area (Å²) >= 11 is 1.56. The van der Waals surface area contributed by atoms with Crippen LogP contribution in [0.4, 0.5) is 0 Å². The van der Waals surface area contributed by atoms with E-state index < -0.39 is 5.54 Å². The number of aromatic nitrogens is 3. The minimum absolute atomic E-state index is 0.162. The number of piperidine rings is 1. The third-order valence-electron chi connectivity index (χ3n) is 4.07. The number of thiazole rings is 1. The molecule has 2 N–H and O–H groups in total. The van der Waals surface area contributed by atoms with E-state index in [-0.39, 0.29) is 5.91 Å². The monoisotopic (exact) mass is 333 g/mol. The molecule has 0 saturated carbocycles. The standard InChI is InChI=1S/C16H23N5OS/c1-11-10-23-15(18-11)16(2,3)19-14(22)13-6-8-21(20-13)12-5-4-7-17-9-12/h6,8,10,12,17H,4-5,7,9H2,1-3H3,(H,19,22). The Morgan fingerprint density at radius 3 is 3.00 bits per heavy atom. The molecule has 0 bridgehead atoms. The molecule has 1 saturated heterocycles. The van der Waals surface area contributed by atoms with Crippen molar-refractivity contribution in [2.24, 2.45) is 0 Å². The Morgan fingerprint density at radius 1 is 1.52 bits per heavy atom. The predicted molar refractivity (Wildman–Crippen MR) is 90.7 cm³/mol. The first-order chi connectivity index (χ1) is 11.0. The van der Waals surface area contributed by atoms with Crippen molar-refractivity contribution in [3.8, 4) is 0 Å². The van der Waals surface area contributed by atoms with Gasteiger partial charge in [0.25, 0.3) is 5.91 Å². The topological polar surface area (TPSA) is 71.8 Å². The molecule has 2 aromatic rings. The zero-order valence-corrected chi connectivity index (χ0v) is 14.6. The Bertz CT molecular complexity index is 684. The van der Waals surface area contributed by atoms with Gasteiger partial charge in [0.1, 0.15) is 10.7 Å². The number of amides is 1. The zero-order valence-electron chi connectivity index (χ0n) is 13.8. The van der Waals surface area contributed by atoms with E-state index in [1.54, 1.807) is 17.4 Å². The van der Waals surface area contributed by atoms with Crippen LogP contribution in [0.3, 0.4) is 0 Å². The Morgan fingerprint density at radius 2 is 2.35 bits per heavy atom. The third-order valence-corrected chi connectivity index (χ3v) is 5.35. The van der Waals surface area contributed by atoms with E-state index in [2.05, 4.69) is 20.7 Å². The quantitative estimate of drug-likeness (QED) is 0.900. The van der Waals surface area contributed by atoms with Crippen LogP contribution < -0.4 is 10.6 Å². The van der Waals surface area contributed by atoms with Gasteiger partial charge in [-0.15, -0.1) is 11.3 Å². The van der Waals surface area contributed by atoms with E-state index in [1.807, 2.05) is 37.0 Å². The van der Waals surface area contributed by atoms with Crippen LogP contribution in [0.2, 0.25) is 0 Å². The molecule has 1 aliphatic heterocycles. The zero-order chi connectivity index (χ0) is 16.4. The summed E-state index contributed by atoms with van der Waals surface area (Å²) in [6.45, 7) is 7.85. The fourth-order valence-electron chi connectivity index (χ4n) is 2.76. The van der Waals surface area contributed by atoms with Gasteiger partial charge >= 0.3 is 0 Å². The Labute approximate surface area is 140 Å². The van der Waals surface area contributed by atoms with Crippen molar-refractivity contribution in [3.05, 3.63) is 34.0 Å². The Balaban J connectivity index is 1.69. The van der Waals surface area contributed by atoms with Crippen molar-refractivity contribution in [2.45, 2.75) is 45.2 Å². The lowest BCUT2D eigenvalue weighted by atomic mass is 10.1. The van der Waals surface area contributed by atoms with Crippen molar-refractivity contribution in [1.29, 1.82) is 0 Å². The van der Waals surface area contributed by atoms with Crippen molar-refractivity contribution >= 4 is 17.2 Å². The van der Waals surface area contributed by atoms with Gasteiger partial charge in [-0.1, -0.05) is 0 Å². The number of hydrogen-bond acceptors (Lipinski definition) is 5. The molecule has 1 amide bonds. The molecule has 0 radical (unpaired) electrons. The highest BCUT2D eigenvalue weighted by molar-refractivity contribution is 7.09. The molecule has 124 valence electrons. The maximum Gasteiger partial charge on any atom is 0.272 e. The Kier molecular flexibility index (Phi) is 4.50. The maximum atomic E-state index is 12.5. The van der Waals surface area contributed by atoms with Crippen molar-refractivity contribution in [2.75, 3.05) is 13.1 Å². The lowest BCUT2D eigenvalue weighted by Crippen LogP contribution is -2.41. The molecule has 2 aromatic heterocycles. The van der Waals surface area contributed by atoms with Crippen LogP contribution >= 0.6 is 11.3 Å². The SMILES string of the molecule is Cc1csc(C(C)(C)NC(=O)c2ccn(C3CCCNC3)n2)n1. The number of nitrogens with one attached hydrogen (secondary N) is 2. The van der Waals surface area contributed by atoms with E-state index in [1.165, 1.54) is 0 Å². The smallest absolute Gasteiger partial charge is 0.272 e. The Hall–Kier alpha value is -1.73. The van der Waals surface area contributed by atoms with Gasteiger partial charge in [-0.3, -0.25) is 9.48 Å². The van der Waals surface area contributed by atoms with Gasteiger partial charge in [0, 0.05) is 23.8 Å². The summed E-state index contributed by atoms with van der Waals surface area (Å²) in [5.41, 5.74) is 0.921. The molecule has 3 heterocycles. The van der Waals surface area contributed by atoms with Crippen LogP contribution in [-0.4, -0.2) is 33.8 Å². The van der Waals surface area contributed by atoms with Gasteiger partial charge in [-0.2, -0.15) is 5.10 Å². The number of hydrogen-bond donors (Lipinski definition) is 2. The lowest BCUT2D eigenvalue weighted by Gasteiger charge is -2.24. The fraction of sp³-hybridized carbons (Fsp3) is 0.562. The first-order valence-corrected chi connectivity index (χ1v) is 8.85. The van der Waals surface area contributed by atoms with Crippen LogP contribution in [0.15, 0.2) is 17.6 Å². The number of nitrogens with zero attached hydrogens (tertiary/aromatic N) is 3. The summed E-state index contributed by atoms with van der Waals surface area (Å²) in [5.74, 6) is -0.162. The molecule has 0 aliphatic carbocycles.